The predicted octanol–water partition coefficient (Wildman–Crippen LogP) is 17.1. The average Bonchev–Trinajstić information content (AvgIpc) is 3.31. The van der Waals surface area contributed by atoms with Crippen molar-refractivity contribution in [3.8, 4) is 0 Å². The van der Waals surface area contributed by atoms with E-state index in [1.807, 2.05) is 27.2 Å². The number of nitrogens with one attached hydrogen (secondary N) is 1. The van der Waals surface area contributed by atoms with E-state index in [-0.39, 0.29) is 12.5 Å². The molecule has 0 aromatic heterocycles. The highest BCUT2D eigenvalue weighted by atomic mass is 31.2. The van der Waals surface area contributed by atoms with Gasteiger partial charge >= 0.3 is 0 Å². The van der Waals surface area contributed by atoms with E-state index in [0.29, 0.717) is 17.4 Å². The van der Waals surface area contributed by atoms with Gasteiger partial charge in [-0.15, -0.1) is 0 Å². The summed E-state index contributed by atoms with van der Waals surface area (Å²) >= 11 is 0. The molecular weight excluding hydrogens is 876 g/mol. The molecule has 1 amide bonds. The van der Waals surface area contributed by atoms with Crippen LogP contribution in [0.2, 0.25) is 0 Å². The first-order valence-electron chi connectivity index (χ1n) is 29.2. The van der Waals surface area contributed by atoms with Gasteiger partial charge in [-0.2, -0.15) is 0 Å². The quantitative estimate of drug-likeness (QED) is 0.0272. The van der Waals surface area contributed by atoms with Crippen molar-refractivity contribution in [2.24, 2.45) is 0 Å². The lowest BCUT2D eigenvalue weighted by Gasteiger charge is -2.29. The van der Waals surface area contributed by atoms with E-state index in [9.17, 15) is 19.4 Å². The van der Waals surface area contributed by atoms with E-state index in [0.717, 1.165) is 51.4 Å². The molecule has 0 aliphatic heterocycles. The molecule has 3 atom stereocenters. The number of carbonyl (C=O) groups is 1. The third-order valence-corrected chi connectivity index (χ3v) is 13.9. The maximum atomic E-state index is 13.0. The summed E-state index contributed by atoms with van der Waals surface area (Å²) in [5.74, 6) is -0.210. The number of hydrogen-bond acceptors (Lipinski definition) is 6. The van der Waals surface area contributed by atoms with Crippen LogP contribution < -0.4 is 10.2 Å². The summed E-state index contributed by atoms with van der Waals surface area (Å²) in [6.45, 7) is 4.62. The van der Waals surface area contributed by atoms with E-state index < -0.39 is 26.6 Å². The zero-order valence-corrected chi connectivity index (χ0v) is 46.9. The van der Waals surface area contributed by atoms with Crippen LogP contribution >= 0.6 is 7.82 Å². The summed E-state index contributed by atoms with van der Waals surface area (Å²) in [6.07, 6.45) is 68.7. The average molecular weight is 990 g/mol. The zero-order valence-electron chi connectivity index (χ0n) is 46.0. The van der Waals surface area contributed by atoms with Gasteiger partial charge in [0.25, 0.3) is 7.82 Å². The monoisotopic (exact) mass is 989 g/mol. The molecule has 8 nitrogen and oxygen atoms in total. The summed E-state index contributed by atoms with van der Waals surface area (Å²) < 4.78 is 23.3. The maximum Gasteiger partial charge on any atom is 0.268 e. The van der Waals surface area contributed by atoms with Crippen LogP contribution in [0.5, 0.6) is 0 Å². The number of quaternary nitrogens is 1. The van der Waals surface area contributed by atoms with Crippen LogP contribution in [0.15, 0.2) is 60.8 Å². The third-order valence-electron chi connectivity index (χ3n) is 12.9. The topological polar surface area (TPSA) is 108 Å². The molecule has 0 aliphatic carbocycles. The van der Waals surface area contributed by atoms with Crippen molar-refractivity contribution >= 4 is 13.7 Å². The number of phosphoric ester groups is 1. The minimum atomic E-state index is -4.61. The number of rotatable bonds is 53. The van der Waals surface area contributed by atoms with Crippen molar-refractivity contribution in [1.29, 1.82) is 0 Å². The van der Waals surface area contributed by atoms with Gasteiger partial charge in [-0.1, -0.05) is 242 Å². The molecule has 0 heterocycles. The Hall–Kier alpha value is -1.80. The molecule has 0 fully saturated rings. The van der Waals surface area contributed by atoms with Crippen LogP contribution in [0.3, 0.4) is 0 Å². The van der Waals surface area contributed by atoms with Crippen molar-refractivity contribution < 1.29 is 32.9 Å². The van der Waals surface area contributed by atoms with Gasteiger partial charge in [0.1, 0.15) is 13.2 Å². The largest absolute Gasteiger partial charge is 0.756 e. The molecule has 0 spiro atoms. The number of phosphoric acid groups is 1. The Morgan fingerprint density at radius 3 is 1.26 bits per heavy atom. The fourth-order valence-electron chi connectivity index (χ4n) is 8.33. The Balaban J connectivity index is 4.19. The van der Waals surface area contributed by atoms with Crippen LogP contribution in [0.4, 0.5) is 0 Å². The molecule has 69 heavy (non-hydrogen) atoms. The summed E-state index contributed by atoms with van der Waals surface area (Å²) in [5, 5.41) is 13.9. The molecule has 0 radical (unpaired) electrons. The van der Waals surface area contributed by atoms with Gasteiger partial charge in [0.05, 0.1) is 39.9 Å². The first-order valence-corrected chi connectivity index (χ1v) is 30.6. The normalized spacial score (nSPS) is 14.4. The minimum absolute atomic E-state index is 0.00964. The molecule has 0 aromatic rings. The number of unbranched alkanes of at least 4 members (excludes halogenated alkanes) is 32. The van der Waals surface area contributed by atoms with Crippen LogP contribution in [0.1, 0.15) is 264 Å². The number of nitrogens with zero attached hydrogens (tertiary/aromatic N) is 1. The molecule has 0 rings (SSSR count). The van der Waals surface area contributed by atoms with E-state index in [4.69, 9.17) is 9.05 Å². The van der Waals surface area contributed by atoms with Crippen molar-refractivity contribution in [3.63, 3.8) is 0 Å². The Bertz CT molecular complexity index is 1310. The van der Waals surface area contributed by atoms with Gasteiger partial charge in [0.15, 0.2) is 0 Å². The molecule has 9 heteroatoms. The second kappa shape index (κ2) is 51.1. The first kappa shape index (κ1) is 67.2. The summed E-state index contributed by atoms with van der Waals surface area (Å²) in [7, 11) is 1.24. The van der Waals surface area contributed by atoms with Gasteiger partial charge in [0.2, 0.25) is 5.91 Å². The van der Waals surface area contributed by atoms with E-state index in [2.05, 4.69) is 67.8 Å². The second-order valence-corrected chi connectivity index (χ2v) is 22.4. The van der Waals surface area contributed by atoms with Crippen LogP contribution in [0, 0.1) is 0 Å². The van der Waals surface area contributed by atoms with Crippen molar-refractivity contribution in [1.82, 2.24) is 5.32 Å². The Morgan fingerprint density at radius 2 is 0.855 bits per heavy atom. The van der Waals surface area contributed by atoms with Gasteiger partial charge in [-0.25, -0.2) is 0 Å². The first-order chi connectivity index (χ1) is 33.5. The van der Waals surface area contributed by atoms with E-state index in [1.54, 1.807) is 6.08 Å². The number of likely N-dealkylation sites (N-methyl/N-ethyl adjacent to an activating group) is 1. The fraction of sp³-hybridized carbons (Fsp3) is 0.817. The maximum absolute atomic E-state index is 13.0. The van der Waals surface area contributed by atoms with Crippen LogP contribution in [0.25, 0.3) is 0 Å². The number of hydrogen-bond donors (Lipinski definition) is 2. The lowest BCUT2D eigenvalue weighted by molar-refractivity contribution is -0.870. The smallest absolute Gasteiger partial charge is 0.268 e. The highest BCUT2D eigenvalue weighted by Crippen LogP contribution is 2.38. The molecule has 3 unspecified atom stereocenters. The van der Waals surface area contributed by atoms with Crippen LogP contribution in [-0.4, -0.2) is 68.5 Å². The standard InChI is InChI=1S/C60H113N2O6P/c1-6-8-10-12-14-16-18-20-22-24-26-27-28-29-30-31-32-33-34-35-36-38-40-42-44-46-48-50-52-54-60(64)61-58(57-68-69(65,66)67-56-55-62(3,4)5)59(63)53-51-49-47-45-43-41-39-37-25-23-21-19-17-15-13-11-9-7-2/h18,20,24-26,37,43,45,51,53,58-59,63H,6-17,19,21-23,27-36,38-42,44,46-50,52,54-57H2,1-5H3,(H-,61,64,65,66)/b20-18-,26-24-,37-25+,45-43+,53-51+. The molecule has 0 saturated carbocycles. The second-order valence-electron chi connectivity index (χ2n) is 21.0. The van der Waals surface area contributed by atoms with Gasteiger partial charge in [-0.3, -0.25) is 9.36 Å². The molecule has 404 valence electrons. The molecule has 0 aliphatic rings. The Morgan fingerprint density at radius 1 is 0.507 bits per heavy atom. The fourth-order valence-corrected chi connectivity index (χ4v) is 9.06. The van der Waals surface area contributed by atoms with E-state index >= 15 is 0 Å². The third kappa shape index (κ3) is 53.8. The summed E-state index contributed by atoms with van der Waals surface area (Å²) in [5.41, 5.74) is 0. The van der Waals surface area contributed by atoms with Crippen molar-refractivity contribution in [3.05, 3.63) is 60.8 Å². The molecule has 2 N–H and O–H groups in total. The molecule has 0 saturated heterocycles. The van der Waals surface area contributed by atoms with Gasteiger partial charge in [0, 0.05) is 6.42 Å². The summed E-state index contributed by atoms with van der Waals surface area (Å²) in [4.78, 5) is 25.5. The van der Waals surface area contributed by atoms with Gasteiger partial charge < -0.3 is 28.8 Å². The number of aliphatic hydroxyl groups excluding tert-OH is 1. The number of amides is 1. The number of aliphatic hydroxyl groups is 1. The van der Waals surface area contributed by atoms with Crippen molar-refractivity contribution in [2.45, 2.75) is 276 Å². The SMILES string of the molecule is CCCCCCC/C=C\C/C=C\CCCCCCCCCCCCCCCCCCCC(=O)NC(COP(=O)([O-])OCC[N+](C)(C)C)C(O)/C=C/CC/C=C/CC/C=C/CCCCCCCCCC. The molecule has 0 aromatic carbocycles. The van der Waals surface area contributed by atoms with Crippen molar-refractivity contribution in [2.75, 3.05) is 40.9 Å². The minimum Gasteiger partial charge on any atom is -0.756 e. The predicted molar refractivity (Wildman–Crippen MR) is 297 cm³/mol. The highest BCUT2D eigenvalue weighted by molar-refractivity contribution is 7.45. The number of allylic oxidation sites excluding steroid dienone is 9. The number of carbonyl (C=O) groups excluding carboxylic acids is 1. The van der Waals surface area contributed by atoms with Gasteiger partial charge in [-0.05, 0) is 77.0 Å². The van der Waals surface area contributed by atoms with E-state index in [1.165, 1.54) is 193 Å². The molecular formula is C60H113N2O6P. The lowest BCUT2D eigenvalue weighted by atomic mass is 10.0. The Labute approximate surface area is 428 Å². The zero-order chi connectivity index (χ0) is 50.6. The highest BCUT2D eigenvalue weighted by Gasteiger charge is 2.23. The molecule has 0 bridgehead atoms. The van der Waals surface area contributed by atoms with Crippen LogP contribution in [-0.2, 0) is 18.4 Å². The Kier molecular flexibility index (Phi) is 49.8. The summed E-state index contributed by atoms with van der Waals surface area (Å²) in [6, 6.07) is -0.911. The lowest BCUT2D eigenvalue weighted by Crippen LogP contribution is -2.45.